The first-order valence-electron chi connectivity index (χ1n) is 4.80. The van der Waals surface area contributed by atoms with Crippen molar-refractivity contribution < 1.29 is 24.7 Å². The molecule has 0 radical (unpaired) electrons. The molecule has 1 aromatic rings. The molecule has 96 valence electrons. The Bertz CT molecular complexity index is 484. The van der Waals surface area contributed by atoms with Crippen LogP contribution >= 0.6 is 0 Å². The third-order valence-electron chi connectivity index (χ3n) is 2.37. The van der Waals surface area contributed by atoms with Crippen molar-refractivity contribution in [1.82, 2.24) is 0 Å². The Morgan fingerprint density at radius 1 is 1.17 bits per heavy atom. The Morgan fingerprint density at radius 3 is 2.00 bits per heavy atom. The summed E-state index contributed by atoms with van der Waals surface area (Å²) in [5, 5.41) is 28.1. The van der Waals surface area contributed by atoms with Crippen LogP contribution in [0.1, 0.15) is 11.5 Å². The quantitative estimate of drug-likeness (QED) is 0.501. The van der Waals surface area contributed by atoms with Crippen molar-refractivity contribution in [3.8, 4) is 0 Å². The van der Waals surface area contributed by atoms with Crippen molar-refractivity contribution in [1.29, 1.82) is 0 Å². The predicted octanol–water partition coefficient (Wildman–Crippen LogP) is 0.175. The molecule has 0 fully saturated rings. The van der Waals surface area contributed by atoms with Gasteiger partial charge in [0.05, 0.1) is 4.92 Å². The Balaban J connectivity index is 3.11. The molecule has 0 unspecified atom stereocenters. The van der Waals surface area contributed by atoms with Gasteiger partial charge in [0, 0.05) is 12.1 Å². The van der Waals surface area contributed by atoms with Gasteiger partial charge in [-0.25, -0.2) is 0 Å². The molecule has 0 heterocycles. The lowest BCUT2D eigenvalue weighted by Gasteiger charge is -2.16. The van der Waals surface area contributed by atoms with Crippen LogP contribution in [0.5, 0.6) is 0 Å². The zero-order valence-electron chi connectivity index (χ0n) is 9.02. The van der Waals surface area contributed by atoms with Crippen molar-refractivity contribution in [2.24, 2.45) is 5.73 Å². The molecule has 1 aromatic carbocycles. The summed E-state index contributed by atoms with van der Waals surface area (Å²) in [6.45, 7) is 0. The van der Waals surface area contributed by atoms with E-state index in [9.17, 15) is 19.7 Å². The second-order valence-corrected chi connectivity index (χ2v) is 3.53. The molecular formula is C10H10N2O6. The zero-order valence-corrected chi connectivity index (χ0v) is 9.02. The monoisotopic (exact) mass is 254 g/mol. The maximum Gasteiger partial charge on any atom is 0.321 e. The van der Waals surface area contributed by atoms with Gasteiger partial charge in [-0.15, -0.1) is 0 Å². The van der Waals surface area contributed by atoms with E-state index >= 15 is 0 Å². The second kappa shape index (κ2) is 5.23. The fourth-order valence-electron chi connectivity index (χ4n) is 1.45. The molecule has 8 nitrogen and oxygen atoms in total. The number of nitrogens with zero attached hydrogens (tertiary/aromatic N) is 1. The molecule has 1 rings (SSSR count). The fraction of sp³-hybridized carbons (Fsp3) is 0.200. The average molecular weight is 254 g/mol. The first-order chi connectivity index (χ1) is 8.34. The van der Waals surface area contributed by atoms with Gasteiger partial charge in [-0.2, -0.15) is 0 Å². The highest BCUT2D eigenvalue weighted by atomic mass is 16.6. The van der Waals surface area contributed by atoms with Crippen molar-refractivity contribution in [3.05, 3.63) is 39.9 Å². The van der Waals surface area contributed by atoms with Gasteiger partial charge >= 0.3 is 11.9 Å². The van der Waals surface area contributed by atoms with Crippen LogP contribution in [0, 0.1) is 10.1 Å². The number of carboxylic acid groups (broad SMARTS) is 2. The van der Waals surface area contributed by atoms with E-state index < -0.39 is 28.8 Å². The van der Waals surface area contributed by atoms with Gasteiger partial charge in [-0.3, -0.25) is 19.7 Å². The highest BCUT2D eigenvalue weighted by molar-refractivity contribution is 5.86. The highest BCUT2D eigenvalue weighted by Gasteiger charge is 2.32. The standard InChI is InChI=1S/C10H10N2O6/c11-8(10(15)16)7(9(13)14)5-1-3-6(4-2-5)12(17)18/h1-4,7-8H,11H2,(H,13,14)(H,15,16)/t7-,8+/m0/s1. The number of nitrogens with two attached hydrogens (primary N) is 1. The Labute approximate surface area is 101 Å². The summed E-state index contributed by atoms with van der Waals surface area (Å²) in [7, 11) is 0. The molecule has 2 atom stereocenters. The lowest BCUT2D eigenvalue weighted by Crippen LogP contribution is -2.40. The molecule has 0 spiro atoms. The van der Waals surface area contributed by atoms with Crippen LogP contribution in [0.25, 0.3) is 0 Å². The van der Waals surface area contributed by atoms with E-state index in [0.29, 0.717) is 0 Å². The van der Waals surface area contributed by atoms with Crippen LogP contribution in [-0.4, -0.2) is 33.1 Å². The lowest BCUT2D eigenvalue weighted by molar-refractivity contribution is -0.384. The zero-order chi connectivity index (χ0) is 13.9. The maximum absolute atomic E-state index is 11.0. The van der Waals surface area contributed by atoms with Crippen LogP contribution in [0.4, 0.5) is 5.69 Å². The van der Waals surface area contributed by atoms with E-state index in [1.165, 1.54) is 12.1 Å². The minimum absolute atomic E-state index is 0.100. The topological polar surface area (TPSA) is 144 Å². The number of hydrogen-bond acceptors (Lipinski definition) is 5. The predicted molar refractivity (Wildman–Crippen MR) is 59.1 cm³/mol. The molecule has 0 amide bonds. The van der Waals surface area contributed by atoms with E-state index in [2.05, 4.69) is 0 Å². The van der Waals surface area contributed by atoms with Crippen LogP contribution in [-0.2, 0) is 9.59 Å². The van der Waals surface area contributed by atoms with Gasteiger partial charge in [0.2, 0.25) is 0 Å². The van der Waals surface area contributed by atoms with Crippen LogP contribution in [0.3, 0.4) is 0 Å². The normalized spacial score (nSPS) is 13.6. The SMILES string of the molecule is N[C@@H](C(=O)O)[C@@H](C(=O)O)c1ccc([N+](=O)[O-])cc1. The Hall–Kier alpha value is -2.48. The Morgan fingerprint density at radius 2 is 1.67 bits per heavy atom. The molecule has 0 aliphatic rings. The summed E-state index contributed by atoms with van der Waals surface area (Å²) in [4.78, 5) is 31.5. The van der Waals surface area contributed by atoms with Crippen LogP contribution in [0.15, 0.2) is 24.3 Å². The van der Waals surface area contributed by atoms with Crippen molar-refractivity contribution in [3.63, 3.8) is 0 Å². The number of rotatable bonds is 5. The number of hydrogen-bond donors (Lipinski definition) is 3. The van der Waals surface area contributed by atoms with Gasteiger partial charge in [-0.05, 0) is 5.56 Å². The number of benzene rings is 1. The first-order valence-corrected chi connectivity index (χ1v) is 4.80. The van der Waals surface area contributed by atoms with E-state index in [4.69, 9.17) is 15.9 Å². The van der Waals surface area contributed by atoms with Crippen LogP contribution in [0.2, 0.25) is 0 Å². The summed E-state index contributed by atoms with van der Waals surface area (Å²) in [6, 6.07) is 2.93. The van der Waals surface area contributed by atoms with Gasteiger partial charge in [0.15, 0.2) is 0 Å². The van der Waals surface area contributed by atoms with Gasteiger partial charge < -0.3 is 15.9 Å². The second-order valence-electron chi connectivity index (χ2n) is 3.53. The molecule has 8 heteroatoms. The molecule has 4 N–H and O–H groups in total. The number of nitro benzene ring substituents is 1. The Kier molecular flexibility index (Phi) is 3.95. The van der Waals surface area contributed by atoms with Gasteiger partial charge in [-0.1, -0.05) is 12.1 Å². The molecule has 0 aliphatic carbocycles. The van der Waals surface area contributed by atoms with Crippen molar-refractivity contribution in [2.45, 2.75) is 12.0 Å². The third kappa shape index (κ3) is 2.80. The third-order valence-corrected chi connectivity index (χ3v) is 2.37. The number of nitro groups is 1. The van der Waals surface area contributed by atoms with E-state index in [1.807, 2.05) is 0 Å². The molecule has 0 bridgehead atoms. The molecule has 0 saturated carbocycles. The summed E-state index contributed by atoms with van der Waals surface area (Å²) in [5.74, 6) is -4.32. The van der Waals surface area contributed by atoms with E-state index in [1.54, 1.807) is 0 Å². The lowest BCUT2D eigenvalue weighted by atomic mass is 9.92. The fourth-order valence-corrected chi connectivity index (χ4v) is 1.45. The summed E-state index contributed by atoms with van der Waals surface area (Å²) >= 11 is 0. The number of aliphatic carboxylic acids is 2. The van der Waals surface area contributed by atoms with E-state index in [-0.39, 0.29) is 11.3 Å². The number of carbonyl (C=O) groups is 2. The average Bonchev–Trinajstić information content (AvgIpc) is 2.29. The summed E-state index contributed by atoms with van der Waals surface area (Å²) < 4.78 is 0. The molecule has 0 aliphatic heterocycles. The first kappa shape index (κ1) is 13.6. The highest BCUT2D eigenvalue weighted by Crippen LogP contribution is 2.22. The largest absolute Gasteiger partial charge is 0.481 e. The number of non-ortho nitro benzene ring substituents is 1. The molecule has 18 heavy (non-hydrogen) atoms. The van der Waals surface area contributed by atoms with E-state index in [0.717, 1.165) is 12.1 Å². The van der Waals surface area contributed by atoms with Gasteiger partial charge in [0.25, 0.3) is 5.69 Å². The minimum Gasteiger partial charge on any atom is -0.481 e. The van der Waals surface area contributed by atoms with Crippen molar-refractivity contribution >= 4 is 17.6 Å². The van der Waals surface area contributed by atoms with Gasteiger partial charge in [0.1, 0.15) is 12.0 Å². The van der Waals surface area contributed by atoms with Crippen LogP contribution < -0.4 is 5.73 Å². The smallest absolute Gasteiger partial charge is 0.321 e. The van der Waals surface area contributed by atoms with Crippen molar-refractivity contribution in [2.75, 3.05) is 0 Å². The summed E-state index contributed by atoms with van der Waals surface area (Å²) in [5.41, 5.74) is 5.16. The summed E-state index contributed by atoms with van der Waals surface area (Å²) in [6.07, 6.45) is 0. The molecule has 0 saturated heterocycles. The molecular weight excluding hydrogens is 244 g/mol. The minimum atomic E-state index is -1.62. The number of carboxylic acids is 2. The maximum atomic E-state index is 11.0. The molecule has 0 aromatic heterocycles.